The van der Waals surface area contributed by atoms with Crippen molar-refractivity contribution in [2.75, 3.05) is 13.1 Å². The van der Waals surface area contributed by atoms with Gasteiger partial charge in [-0.05, 0) is 42.5 Å². The molecule has 0 spiro atoms. The highest BCUT2D eigenvalue weighted by Crippen LogP contribution is 2.48. The Morgan fingerprint density at radius 2 is 1.77 bits per heavy atom. The molecule has 0 amide bonds. The molecule has 4 nitrogen and oxygen atoms in total. The molecule has 138 valence electrons. The molecule has 0 atom stereocenters. The van der Waals surface area contributed by atoms with Crippen LogP contribution in [0.25, 0.3) is 0 Å². The molecule has 2 aromatic carbocycles. The molecule has 26 heavy (non-hydrogen) atoms. The molecule has 1 saturated carbocycles. The van der Waals surface area contributed by atoms with Crippen molar-refractivity contribution in [2.24, 2.45) is 4.99 Å². The van der Waals surface area contributed by atoms with E-state index in [0.717, 1.165) is 36.1 Å². The second kappa shape index (κ2) is 8.32. The number of aliphatic imine (C=N–C) groups is 1. The zero-order valence-corrected chi connectivity index (χ0v) is 15.1. The van der Waals surface area contributed by atoms with Crippen LogP contribution in [0.3, 0.4) is 0 Å². The van der Waals surface area contributed by atoms with E-state index >= 15 is 0 Å². The minimum atomic E-state index is -0.134. The number of aliphatic hydroxyl groups is 1. The van der Waals surface area contributed by atoms with Gasteiger partial charge in [-0.2, -0.15) is 0 Å². The lowest BCUT2D eigenvalue weighted by molar-refractivity contribution is 0.280. The lowest BCUT2D eigenvalue weighted by Gasteiger charge is -2.19. The molecule has 0 heterocycles. The molecule has 0 aromatic heterocycles. The predicted molar refractivity (Wildman–Crippen MR) is 102 cm³/mol. The second-order valence-corrected chi connectivity index (χ2v) is 6.74. The number of halogens is 1. The molecule has 2 aromatic rings. The Morgan fingerprint density at radius 1 is 1.08 bits per heavy atom. The van der Waals surface area contributed by atoms with E-state index in [1.54, 1.807) is 6.07 Å². The van der Waals surface area contributed by atoms with Crippen molar-refractivity contribution in [1.29, 1.82) is 0 Å². The van der Waals surface area contributed by atoms with Crippen molar-refractivity contribution in [1.82, 2.24) is 10.6 Å². The van der Waals surface area contributed by atoms with E-state index < -0.39 is 0 Å². The van der Waals surface area contributed by atoms with Crippen LogP contribution < -0.4 is 10.6 Å². The number of benzene rings is 2. The summed E-state index contributed by atoms with van der Waals surface area (Å²) in [4.78, 5) is 4.63. The molecule has 1 aliphatic rings. The minimum absolute atomic E-state index is 0.00601. The van der Waals surface area contributed by atoms with Gasteiger partial charge in [0.05, 0.1) is 13.2 Å². The lowest BCUT2D eigenvalue weighted by Crippen LogP contribution is -2.41. The zero-order valence-electron chi connectivity index (χ0n) is 15.1. The maximum absolute atomic E-state index is 14.2. The van der Waals surface area contributed by atoms with E-state index in [9.17, 15) is 9.50 Å². The largest absolute Gasteiger partial charge is 0.392 e. The summed E-state index contributed by atoms with van der Waals surface area (Å²) in [7, 11) is 0. The van der Waals surface area contributed by atoms with Crippen molar-refractivity contribution >= 4 is 5.96 Å². The number of rotatable bonds is 7. The molecule has 0 saturated heterocycles. The van der Waals surface area contributed by atoms with Gasteiger partial charge in [-0.3, -0.25) is 0 Å². The van der Waals surface area contributed by atoms with Crippen LogP contribution in [0, 0.1) is 5.82 Å². The number of aliphatic hydroxyl groups excluding tert-OH is 1. The average molecular weight is 355 g/mol. The van der Waals surface area contributed by atoms with E-state index in [0.29, 0.717) is 19.0 Å². The molecule has 0 unspecified atom stereocenters. The Bertz CT molecular complexity index is 771. The van der Waals surface area contributed by atoms with Crippen LogP contribution in [0.2, 0.25) is 0 Å². The third-order valence-corrected chi connectivity index (χ3v) is 4.93. The van der Waals surface area contributed by atoms with Gasteiger partial charge in [0, 0.05) is 18.5 Å². The fourth-order valence-electron chi connectivity index (χ4n) is 3.21. The van der Waals surface area contributed by atoms with Crippen molar-refractivity contribution in [3.05, 3.63) is 71.0 Å². The van der Waals surface area contributed by atoms with Crippen LogP contribution in [-0.2, 0) is 18.6 Å². The van der Waals surface area contributed by atoms with Crippen molar-refractivity contribution in [2.45, 2.75) is 38.3 Å². The topological polar surface area (TPSA) is 56.7 Å². The smallest absolute Gasteiger partial charge is 0.191 e. The molecule has 5 heteroatoms. The van der Waals surface area contributed by atoms with Gasteiger partial charge in [-0.25, -0.2) is 9.38 Å². The van der Waals surface area contributed by atoms with Crippen molar-refractivity contribution in [3.8, 4) is 0 Å². The Morgan fingerprint density at radius 3 is 2.42 bits per heavy atom. The van der Waals surface area contributed by atoms with Gasteiger partial charge in [0.1, 0.15) is 5.82 Å². The summed E-state index contributed by atoms with van der Waals surface area (Å²) in [5.74, 6) is 0.577. The van der Waals surface area contributed by atoms with Gasteiger partial charge in [0.2, 0.25) is 0 Å². The van der Waals surface area contributed by atoms with Crippen LogP contribution in [0.15, 0.2) is 53.5 Å². The van der Waals surface area contributed by atoms with E-state index in [2.05, 4.69) is 15.6 Å². The number of hydrogen-bond donors (Lipinski definition) is 3. The highest BCUT2D eigenvalue weighted by Gasteiger charge is 2.45. The van der Waals surface area contributed by atoms with Crippen LogP contribution in [0.4, 0.5) is 4.39 Å². The fraction of sp³-hybridized carbons (Fsp3) is 0.381. The predicted octanol–water partition coefficient (Wildman–Crippen LogP) is 3.10. The minimum Gasteiger partial charge on any atom is -0.392 e. The Balaban J connectivity index is 1.68. The average Bonchev–Trinajstić information content (AvgIpc) is 3.45. The summed E-state index contributed by atoms with van der Waals surface area (Å²) in [5.41, 5.74) is 2.54. The van der Waals surface area contributed by atoms with Crippen molar-refractivity contribution in [3.63, 3.8) is 0 Å². The van der Waals surface area contributed by atoms with Crippen LogP contribution >= 0.6 is 0 Å². The van der Waals surface area contributed by atoms with Crippen LogP contribution in [-0.4, -0.2) is 24.2 Å². The highest BCUT2D eigenvalue weighted by molar-refractivity contribution is 5.80. The SMILES string of the molecule is CCNC(=NCc1ccccc1CO)NCC1(c2ccccc2F)CC1. The summed E-state index contributed by atoms with van der Waals surface area (Å²) in [6, 6.07) is 14.8. The first-order valence-corrected chi connectivity index (χ1v) is 9.13. The summed E-state index contributed by atoms with van der Waals surface area (Å²) in [6.07, 6.45) is 1.96. The number of nitrogens with one attached hydrogen (secondary N) is 2. The molecule has 3 rings (SSSR count). The monoisotopic (exact) mass is 355 g/mol. The first-order chi connectivity index (χ1) is 12.7. The van der Waals surface area contributed by atoms with Gasteiger partial charge in [0.25, 0.3) is 0 Å². The van der Waals surface area contributed by atoms with Gasteiger partial charge in [-0.15, -0.1) is 0 Å². The molecule has 0 radical (unpaired) electrons. The first kappa shape index (κ1) is 18.4. The normalized spacial score (nSPS) is 15.6. The number of guanidine groups is 1. The molecular formula is C21H26FN3O. The quantitative estimate of drug-likeness (QED) is 0.528. The Labute approximate surface area is 154 Å². The third-order valence-electron chi connectivity index (χ3n) is 4.93. The van der Waals surface area contributed by atoms with Crippen molar-refractivity contribution < 1.29 is 9.50 Å². The fourth-order valence-corrected chi connectivity index (χ4v) is 3.21. The molecule has 3 N–H and O–H groups in total. The van der Waals surface area contributed by atoms with Gasteiger partial charge < -0.3 is 15.7 Å². The summed E-state index contributed by atoms with van der Waals surface area (Å²) < 4.78 is 14.2. The van der Waals surface area contributed by atoms with E-state index in [4.69, 9.17) is 0 Å². The van der Waals surface area contributed by atoms with Crippen LogP contribution in [0.1, 0.15) is 36.5 Å². The number of hydrogen-bond acceptors (Lipinski definition) is 2. The Kier molecular flexibility index (Phi) is 5.89. The zero-order chi connectivity index (χ0) is 18.4. The van der Waals surface area contributed by atoms with Gasteiger partial charge in [0.15, 0.2) is 5.96 Å². The molecule has 0 bridgehead atoms. The van der Waals surface area contributed by atoms with E-state index in [1.807, 2.05) is 43.3 Å². The van der Waals surface area contributed by atoms with Crippen LogP contribution in [0.5, 0.6) is 0 Å². The maximum Gasteiger partial charge on any atom is 0.191 e. The molecule has 0 aliphatic heterocycles. The van der Waals surface area contributed by atoms with E-state index in [1.165, 1.54) is 6.07 Å². The lowest BCUT2D eigenvalue weighted by atomic mass is 9.95. The summed E-state index contributed by atoms with van der Waals surface area (Å²) >= 11 is 0. The Hall–Kier alpha value is -2.40. The van der Waals surface area contributed by atoms with Gasteiger partial charge >= 0.3 is 0 Å². The maximum atomic E-state index is 14.2. The van der Waals surface area contributed by atoms with E-state index in [-0.39, 0.29) is 17.8 Å². The first-order valence-electron chi connectivity index (χ1n) is 9.13. The standard InChI is InChI=1S/C21H26FN3O/c1-2-23-20(24-13-16-7-3-4-8-17(16)14-26)25-15-21(11-12-21)18-9-5-6-10-19(18)22/h3-10,26H,2,11-15H2,1H3,(H2,23,24,25). The summed E-state index contributed by atoms with van der Waals surface area (Å²) in [6.45, 7) is 3.91. The molecular weight excluding hydrogens is 329 g/mol. The summed E-state index contributed by atoms with van der Waals surface area (Å²) in [5, 5.41) is 16.0. The third kappa shape index (κ3) is 4.22. The second-order valence-electron chi connectivity index (χ2n) is 6.74. The number of nitrogens with zero attached hydrogens (tertiary/aromatic N) is 1. The van der Waals surface area contributed by atoms with Gasteiger partial charge in [-0.1, -0.05) is 42.5 Å². The molecule has 1 fully saturated rings. The highest BCUT2D eigenvalue weighted by atomic mass is 19.1. The molecule has 1 aliphatic carbocycles.